The molecule has 0 aliphatic carbocycles. The molecule has 1 atom stereocenters. The summed E-state index contributed by atoms with van der Waals surface area (Å²) >= 11 is 0. The Hall–Kier alpha value is -2.36. The third kappa shape index (κ3) is 4.82. The molecule has 0 radical (unpaired) electrons. The van der Waals surface area contributed by atoms with Gasteiger partial charge in [0.15, 0.2) is 0 Å². The van der Waals surface area contributed by atoms with E-state index >= 15 is 0 Å². The van der Waals surface area contributed by atoms with Gasteiger partial charge >= 0.3 is 0 Å². The minimum absolute atomic E-state index is 0.0784. The summed E-state index contributed by atoms with van der Waals surface area (Å²) in [6, 6.07) is 11.9. The van der Waals surface area contributed by atoms with Gasteiger partial charge in [-0.2, -0.15) is 0 Å². The quantitative estimate of drug-likeness (QED) is 0.827. The van der Waals surface area contributed by atoms with E-state index in [4.69, 9.17) is 0 Å². The first-order valence-corrected chi connectivity index (χ1v) is 8.44. The number of pyridine rings is 1. The summed E-state index contributed by atoms with van der Waals surface area (Å²) in [7, 11) is 0. The summed E-state index contributed by atoms with van der Waals surface area (Å²) in [5, 5.41) is 6.18. The molecule has 0 bridgehead atoms. The Morgan fingerprint density at radius 2 is 1.79 bits per heavy atom. The molecule has 0 saturated heterocycles. The summed E-state index contributed by atoms with van der Waals surface area (Å²) < 4.78 is 0. The van der Waals surface area contributed by atoms with Crippen molar-refractivity contribution in [2.24, 2.45) is 0 Å². The highest BCUT2D eigenvalue weighted by molar-refractivity contribution is 6.03. The van der Waals surface area contributed by atoms with Crippen molar-refractivity contribution in [2.45, 2.75) is 52.5 Å². The van der Waals surface area contributed by atoms with Crippen molar-refractivity contribution < 1.29 is 4.79 Å². The van der Waals surface area contributed by atoms with Crippen LogP contribution in [0.15, 0.2) is 42.6 Å². The molecule has 4 heteroatoms. The second-order valence-electron chi connectivity index (χ2n) is 7.17. The lowest BCUT2D eigenvalue weighted by Gasteiger charge is -2.19. The highest BCUT2D eigenvalue weighted by atomic mass is 16.1. The average molecular weight is 325 g/mol. The van der Waals surface area contributed by atoms with E-state index in [1.807, 2.05) is 36.4 Å². The molecular formula is C20H27N3O. The number of amides is 1. The zero-order valence-electron chi connectivity index (χ0n) is 15.2. The van der Waals surface area contributed by atoms with E-state index in [-0.39, 0.29) is 11.3 Å². The van der Waals surface area contributed by atoms with Gasteiger partial charge < -0.3 is 10.6 Å². The van der Waals surface area contributed by atoms with Gasteiger partial charge in [0.25, 0.3) is 5.91 Å². The average Bonchev–Trinajstić information content (AvgIpc) is 2.55. The first-order chi connectivity index (χ1) is 11.3. The van der Waals surface area contributed by atoms with Crippen LogP contribution >= 0.6 is 0 Å². The molecule has 1 heterocycles. The van der Waals surface area contributed by atoms with Crippen molar-refractivity contribution in [3.8, 4) is 0 Å². The number of nitrogens with one attached hydrogen (secondary N) is 2. The van der Waals surface area contributed by atoms with Gasteiger partial charge in [0.1, 0.15) is 5.82 Å². The topological polar surface area (TPSA) is 54.0 Å². The van der Waals surface area contributed by atoms with E-state index in [0.717, 1.165) is 12.1 Å². The predicted octanol–water partition coefficient (Wildman–Crippen LogP) is 4.84. The molecule has 0 fully saturated rings. The maximum absolute atomic E-state index is 12.3. The van der Waals surface area contributed by atoms with E-state index in [2.05, 4.69) is 50.2 Å². The van der Waals surface area contributed by atoms with Gasteiger partial charge in [0.2, 0.25) is 0 Å². The SMILES string of the molecule is CCC(C)Nc1ccc(NC(=O)c2ccc(C(C)(C)C)cc2)nc1. The van der Waals surface area contributed by atoms with Crippen LogP contribution in [0.4, 0.5) is 11.5 Å². The minimum atomic E-state index is -0.148. The van der Waals surface area contributed by atoms with Crippen LogP contribution in [0.2, 0.25) is 0 Å². The summed E-state index contributed by atoms with van der Waals surface area (Å²) in [6.45, 7) is 10.7. The molecule has 128 valence electrons. The van der Waals surface area contributed by atoms with Gasteiger partial charge in [-0.25, -0.2) is 4.98 Å². The molecule has 1 amide bonds. The van der Waals surface area contributed by atoms with Crippen LogP contribution in [-0.2, 0) is 5.41 Å². The molecule has 2 rings (SSSR count). The number of hydrogen-bond acceptors (Lipinski definition) is 3. The number of rotatable bonds is 5. The zero-order chi connectivity index (χ0) is 17.7. The van der Waals surface area contributed by atoms with Gasteiger partial charge in [-0.3, -0.25) is 4.79 Å². The van der Waals surface area contributed by atoms with E-state index in [1.54, 1.807) is 6.20 Å². The molecule has 2 N–H and O–H groups in total. The van der Waals surface area contributed by atoms with Crippen LogP contribution in [0.5, 0.6) is 0 Å². The Morgan fingerprint density at radius 3 is 2.29 bits per heavy atom. The molecule has 0 saturated carbocycles. The standard InChI is InChI=1S/C20H27N3O/c1-6-14(2)22-17-11-12-18(21-13-17)23-19(24)15-7-9-16(10-8-15)20(3,4)5/h7-14,22H,6H2,1-5H3,(H,21,23,24). The van der Waals surface area contributed by atoms with E-state index < -0.39 is 0 Å². The van der Waals surface area contributed by atoms with Crippen molar-refractivity contribution in [1.82, 2.24) is 4.98 Å². The zero-order valence-corrected chi connectivity index (χ0v) is 15.2. The Labute approximate surface area is 144 Å². The van der Waals surface area contributed by atoms with E-state index in [0.29, 0.717) is 17.4 Å². The van der Waals surface area contributed by atoms with Crippen molar-refractivity contribution in [3.05, 3.63) is 53.7 Å². The lowest BCUT2D eigenvalue weighted by molar-refractivity contribution is 0.102. The normalized spacial score (nSPS) is 12.5. The van der Waals surface area contributed by atoms with Crippen LogP contribution in [0.3, 0.4) is 0 Å². The molecule has 0 spiro atoms. The van der Waals surface area contributed by atoms with Crippen molar-refractivity contribution >= 4 is 17.4 Å². The molecule has 4 nitrogen and oxygen atoms in total. The van der Waals surface area contributed by atoms with Gasteiger partial charge in [-0.1, -0.05) is 39.8 Å². The highest BCUT2D eigenvalue weighted by Gasteiger charge is 2.14. The number of nitrogens with zero attached hydrogens (tertiary/aromatic N) is 1. The van der Waals surface area contributed by atoms with Crippen molar-refractivity contribution in [1.29, 1.82) is 0 Å². The molecule has 0 aliphatic rings. The fourth-order valence-corrected chi connectivity index (χ4v) is 2.25. The lowest BCUT2D eigenvalue weighted by Crippen LogP contribution is -2.16. The monoisotopic (exact) mass is 325 g/mol. The van der Waals surface area contributed by atoms with Crippen LogP contribution < -0.4 is 10.6 Å². The number of benzene rings is 1. The Bertz CT molecular complexity index is 670. The van der Waals surface area contributed by atoms with Crippen molar-refractivity contribution in [3.63, 3.8) is 0 Å². The maximum Gasteiger partial charge on any atom is 0.256 e. The van der Waals surface area contributed by atoms with Crippen LogP contribution in [-0.4, -0.2) is 16.9 Å². The summed E-state index contributed by atoms with van der Waals surface area (Å²) in [5.41, 5.74) is 2.87. The second-order valence-corrected chi connectivity index (χ2v) is 7.17. The largest absolute Gasteiger partial charge is 0.381 e. The van der Waals surface area contributed by atoms with Gasteiger partial charge in [-0.05, 0) is 48.6 Å². The van der Waals surface area contributed by atoms with Crippen LogP contribution in [0.1, 0.15) is 57.0 Å². The minimum Gasteiger partial charge on any atom is -0.381 e. The maximum atomic E-state index is 12.3. The van der Waals surface area contributed by atoms with Crippen LogP contribution in [0, 0.1) is 0 Å². The molecular weight excluding hydrogens is 298 g/mol. The third-order valence-corrected chi connectivity index (χ3v) is 4.04. The lowest BCUT2D eigenvalue weighted by atomic mass is 9.87. The highest BCUT2D eigenvalue weighted by Crippen LogP contribution is 2.22. The molecule has 1 aromatic carbocycles. The Balaban J connectivity index is 2.01. The van der Waals surface area contributed by atoms with Gasteiger partial charge in [0, 0.05) is 11.6 Å². The number of aromatic nitrogens is 1. The first-order valence-electron chi connectivity index (χ1n) is 8.44. The number of carbonyl (C=O) groups is 1. The summed E-state index contributed by atoms with van der Waals surface area (Å²) in [4.78, 5) is 16.6. The smallest absolute Gasteiger partial charge is 0.256 e. The Morgan fingerprint density at radius 1 is 1.12 bits per heavy atom. The Kier molecular flexibility index (Phi) is 5.60. The molecule has 0 aliphatic heterocycles. The summed E-state index contributed by atoms with van der Waals surface area (Å²) in [5.74, 6) is 0.403. The second kappa shape index (κ2) is 7.47. The molecule has 2 aromatic rings. The number of carbonyl (C=O) groups excluding carboxylic acids is 1. The number of hydrogen-bond donors (Lipinski definition) is 2. The first kappa shape index (κ1) is 18.0. The van der Waals surface area contributed by atoms with Crippen LogP contribution in [0.25, 0.3) is 0 Å². The predicted molar refractivity (Wildman–Crippen MR) is 101 cm³/mol. The number of anilines is 2. The molecule has 24 heavy (non-hydrogen) atoms. The fourth-order valence-electron chi connectivity index (χ4n) is 2.25. The van der Waals surface area contributed by atoms with Gasteiger partial charge in [-0.15, -0.1) is 0 Å². The molecule has 1 aromatic heterocycles. The van der Waals surface area contributed by atoms with Gasteiger partial charge in [0.05, 0.1) is 11.9 Å². The fraction of sp³-hybridized carbons (Fsp3) is 0.400. The van der Waals surface area contributed by atoms with E-state index in [1.165, 1.54) is 5.56 Å². The van der Waals surface area contributed by atoms with Crippen molar-refractivity contribution in [2.75, 3.05) is 10.6 Å². The molecule has 1 unspecified atom stereocenters. The van der Waals surface area contributed by atoms with E-state index in [9.17, 15) is 4.79 Å². The summed E-state index contributed by atoms with van der Waals surface area (Å²) in [6.07, 6.45) is 2.79. The third-order valence-electron chi connectivity index (χ3n) is 4.04.